The molecule has 0 saturated carbocycles. The summed E-state index contributed by atoms with van der Waals surface area (Å²) in [4.78, 5) is 0. The molecule has 0 aliphatic rings. The predicted octanol–water partition coefficient (Wildman–Crippen LogP) is 6.98. The molecule has 0 rings (SSSR count). The molecule has 18 heavy (non-hydrogen) atoms. The summed E-state index contributed by atoms with van der Waals surface area (Å²) in [7, 11) is 2.57. The van der Waals surface area contributed by atoms with E-state index in [2.05, 4.69) is 13.8 Å². The summed E-state index contributed by atoms with van der Waals surface area (Å²) >= 11 is 0. The molecule has 0 aromatic heterocycles. The van der Waals surface area contributed by atoms with E-state index >= 15 is 0 Å². The van der Waals surface area contributed by atoms with Gasteiger partial charge in [0.25, 0.3) is 0 Å². The third-order valence-electron chi connectivity index (χ3n) is 3.44. The Morgan fingerprint density at radius 3 is 1.22 bits per heavy atom. The second kappa shape index (κ2) is 17.9. The van der Waals surface area contributed by atoms with Crippen LogP contribution < -0.4 is 0 Å². The molecule has 0 nitrogen and oxygen atoms in total. The van der Waals surface area contributed by atoms with E-state index < -0.39 is 0 Å². The standard InChI is InChI=1S/C16H36P2/c1-3-5-7-9-10-11-12-14-16-18-17-15-13-8-6-4-2/h17-18H,3-16H2,1-2H3. The molecule has 0 aliphatic carbocycles. The van der Waals surface area contributed by atoms with E-state index in [1.54, 1.807) is 0 Å². The van der Waals surface area contributed by atoms with E-state index in [4.69, 9.17) is 0 Å². The van der Waals surface area contributed by atoms with Crippen LogP contribution in [0, 0.1) is 0 Å². The first-order valence-electron chi connectivity index (χ1n) is 8.37. The Morgan fingerprint density at radius 1 is 0.444 bits per heavy atom. The summed E-state index contributed by atoms with van der Waals surface area (Å²) in [5, 5.41) is 0. The van der Waals surface area contributed by atoms with Gasteiger partial charge in [-0.15, -0.1) is 0 Å². The highest BCUT2D eigenvalue weighted by Gasteiger charge is 1.93. The maximum atomic E-state index is 2.30. The monoisotopic (exact) mass is 290 g/mol. The fourth-order valence-electron chi connectivity index (χ4n) is 2.16. The lowest BCUT2D eigenvalue weighted by Crippen LogP contribution is -1.81. The molecule has 110 valence electrons. The summed E-state index contributed by atoms with van der Waals surface area (Å²) in [6.45, 7) is 4.59. The SMILES string of the molecule is CCCCCCCCCCPPCCCCCC. The summed E-state index contributed by atoms with van der Waals surface area (Å²) in [5.74, 6) is 0. The zero-order valence-corrected chi connectivity index (χ0v) is 14.9. The first-order chi connectivity index (χ1) is 8.91. The van der Waals surface area contributed by atoms with Crippen LogP contribution in [-0.2, 0) is 0 Å². The van der Waals surface area contributed by atoms with E-state index in [-0.39, 0.29) is 0 Å². The fourth-order valence-corrected chi connectivity index (χ4v) is 5.49. The zero-order chi connectivity index (χ0) is 13.3. The van der Waals surface area contributed by atoms with Gasteiger partial charge in [0.2, 0.25) is 0 Å². The minimum absolute atomic E-state index is 1.28. The van der Waals surface area contributed by atoms with Gasteiger partial charge in [0, 0.05) is 0 Å². The molecule has 2 unspecified atom stereocenters. The van der Waals surface area contributed by atoms with Crippen molar-refractivity contribution in [3.8, 4) is 0 Å². The average molecular weight is 290 g/mol. The lowest BCUT2D eigenvalue weighted by Gasteiger charge is -2.03. The Labute approximate surface area is 120 Å². The van der Waals surface area contributed by atoms with Crippen LogP contribution in [0.2, 0.25) is 0 Å². The van der Waals surface area contributed by atoms with Crippen molar-refractivity contribution in [1.82, 2.24) is 0 Å². The normalized spacial score (nSPS) is 12.3. The Bertz CT molecular complexity index is 121. The second-order valence-corrected chi connectivity index (χ2v) is 9.22. The molecule has 0 aromatic rings. The van der Waals surface area contributed by atoms with E-state index in [0.717, 1.165) is 0 Å². The lowest BCUT2D eigenvalue weighted by molar-refractivity contribution is 0.586. The van der Waals surface area contributed by atoms with Crippen LogP contribution in [0.3, 0.4) is 0 Å². The van der Waals surface area contributed by atoms with Gasteiger partial charge in [-0.1, -0.05) is 94.6 Å². The quantitative estimate of drug-likeness (QED) is 0.225. The highest BCUT2D eigenvalue weighted by Crippen LogP contribution is 2.38. The molecule has 0 heterocycles. The average Bonchev–Trinajstić information content (AvgIpc) is 2.39. The van der Waals surface area contributed by atoms with Gasteiger partial charge >= 0.3 is 0 Å². The van der Waals surface area contributed by atoms with Gasteiger partial charge in [-0.05, 0) is 25.2 Å². The number of hydrogen-bond donors (Lipinski definition) is 0. The van der Waals surface area contributed by atoms with Crippen molar-refractivity contribution in [2.24, 2.45) is 0 Å². The fraction of sp³-hybridized carbons (Fsp3) is 1.00. The minimum atomic E-state index is 1.28. The van der Waals surface area contributed by atoms with E-state index in [0.29, 0.717) is 0 Å². The lowest BCUT2D eigenvalue weighted by atomic mass is 10.1. The molecule has 0 spiro atoms. The van der Waals surface area contributed by atoms with Crippen LogP contribution in [0.5, 0.6) is 0 Å². The molecule has 0 aromatic carbocycles. The molecule has 0 aliphatic heterocycles. The Kier molecular flexibility index (Phi) is 18.7. The highest BCUT2D eigenvalue weighted by atomic mass is 32.0. The summed E-state index contributed by atoms with van der Waals surface area (Å²) in [6.07, 6.45) is 20.6. The van der Waals surface area contributed by atoms with Crippen molar-refractivity contribution in [2.75, 3.05) is 12.3 Å². The smallest absolute Gasteiger partial charge is 0.0317 e. The van der Waals surface area contributed by atoms with Gasteiger partial charge in [-0.3, -0.25) is 0 Å². The van der Waals surface area contributed by atoms with Crippen molar-refractivity contribution in [1.29, 1.82) is 0 Å². The molecule has 0 amide bonds. The Hall–Kier alpha value is 0.860. The van der Waals surface area contributed by atoms with Crippen LogP contribution >= 0.6 is 16.5 Å². The van der Waals surface area contributed by atoms with Crippen LogP contribution in [0.1, 0.15) is 90.9 Å². The Morgan fingerprint density at radius 2 is 0.778 bits per heavy atom. The van der Waals surface area contributed by atoms with Crippen LogP contribution in [0.25, 0.3) is 0 Å². The van der Waals surface area contributed by atoms with Crippen molar-refractivity contribution >= 4 is 16.5 Å². The van der Waals surface area contributed by atoms with Gasteiger partial charge < -0.3 is 0 Å². The molecule has 2 atom stereocenters. The molecule has 0 N–H and O–H groups in total. The van der Waals surface area contributed by atoms with E-state index in [9.17, 15) is 0 Å². The maximum Gasteiger partial charge on any atom is -0.0317 e. The van der Waals surface area contributed by atoms with Gasteiger partial charge in [-0.25, -0.2) is 0 Å². The second-order valence-electron chi connectivity index (χ2n) is 5.39. The molecule has 2 heteroatoms. The minimum Gasteiger partial charge on any atom is -0.0992 e. The van der Waals surface area contributed by atoms with Gasteiger partial charge in [0.1, 0.15) is 0 Å². The van der Waals surface area contributed by atoms with Crippen molar-refractivity contribution in [3.63, 3.8) is 0 Å². The summed E-state index contributed by atoms with van der Waals surface area (Å²) in [5.41, 5.74) is 0. The first kappa shape index (κ1) is 18.9. The van der Waals surface area contributed by atoms with Crippen LogP contribution in [0.4, 0.5) is 0 Å². The van der Waals surface area contributed by atoms with E-state index in [1.165, 1.54) is 106 Å². The van der Waals surface area contributed by atoms with Gasteiger partial charge in [0.05, 0.1) is 0 Å². The topological polar surface area (TPSA) is 0 Å². The third-order valence-corrected chi connectivity index (χ3v) is 7.14. The molecule has 0 radical (unpaired) electrons. The maximum absolute atomic E-state index is 2.30. The molecule has 0 fully saturated rings. The zero-order valence-electron chi connectivity index (χ0n) is 12.9. The number of rotatable bonds is 15. The van der Waals surface area contributed by atoms with Crippen LogP contribution in [-0.4, -0.2) is 12.3 Å². The Balaban J connectivity index is 2.86. The third kappa shape index (κ3) is 16.9. The number of hydrogen-bond acceptors (Lipinski definition) is 0. The van der Waals surface area contributed by atoms with Crippen molar-refractivity contribution < 1.29 is 0 Å². The van der Waals surface area contributed by atoms with Gasteiger partial charge in [0.15, 0.2) is 0 Å². The van der Waals surface area contributed by atoms with Gasteiger partial charge in [-0.2, -0.15) is 0 Å². The number of unbranched alkanes of at least 4 members (excludes halogenated alkanes) is 10. The summed E-state index contributed by atoms with van der Waals surface area (Å²) in [6, 6.07) is 0. The molecule has 0 bridgehead atoms. The predicted molar refractivity (Wildman–Crippen MR) is 93.1 cm³/mol. The van der Waals surface area contributed by atoms with Crippen LogP contribution in [0.15, 0.2) is 0 Å². The van der Waals surface area contributed by atoms with Crippen molar-refractivity contribution in [2.45, 2.75) is 90.9 Å². The first-order valence-corrected chi connectivity index (χ1v) is 11.8. The summed E-state index contributed by atoms with van der Waals surface area (Å²) < 4.78 is 0. The van der Waals surface area contributed by atoms with Crippen molar-refractivity contribution in [3.05, 3.63) is 0 Å². The molecule has 0 saturated heterocycles. The largest absolute Gasteiger partial charge is 0.0992 e. The molecular weight excluding hydrogens is 254 g/mol. The molecular formula is C16H36P2. The van der Waals surface area contributed by atoms with E-state index in [1.807, 2.05) is 0 Å². The highest BCUT2D eigenvalue weighted by molar-refractivity contribution is 8.11.